The molecule has 2 N–H and O–H groups in total. The highest BCUT2D eigenvalue weighted by Crippen LogP contribution is 2.26. The maximum atomic E-state index is 11.5. The average molecular weight is 316 g/mol. The number of carboxylic acid groups (broad SMARTS) is 1. The molecule has 0 saturated heterocycles. The Kier molecular flexibility index (Phi) is 5.93. The lowest BCUT2D eigenvalue weighted by Crippen LogP contribution is -2.40. The number of carboxylic acids is 1. The standard InChI is InChI=1S/C18H24N2O3/c1-3-18(4-2,17(21)22)13-19-11-15-12-23-20-16(15)10-14-8-6-5-7-9-14/h5-9,12,19H,3-4,10-11,13H2,1-2H3,(H,21,22). The van der Waals surface area contributed by atoms with Gasteiger partial charge < -0.3 is 14.9 Å². The summed E-state index contributed by atoms with van der Waals surface area (Å²) in [6.45, 7) is 4.82. The molecule has 0 bridgehead atoms. The summed E-state index contributed by atoms with van der Waals surface area (Å²) in [5.41, 5.74) is 2.32. The second-order valence-corrected chi connectivity index (χ2v) is 5.84. The van der Waals surface area contributed by atoms with E-state index in [1.165, 1.54) is 5.56 Å². The largest absolute Gasteiger partial charge is 0.481 e. The maximum absolute atomic E-state index is 11.5. The fourth-order valence-electron chi connectivity index (χ4n) is 2.67. The number of aliphatic carboxylic acids is 1. The average Bonchev–Trinajstić information content (AvgIpc) is 2.99. The molecule has 0 unspecified atom stereocenters. The number of carbonyl (C=O) groups is 1. The summed E-state index contributed by atoms with van der Waals surface area (Å²) in [6.07, 6.45) is 3.55. The smallest absolute Gasteiger partial charge is 0.310 e. The first-order valence-electron chi connectivity index (χ1n) is 8.01. The fourth-order valence-corrected chi connectivity index (χ4v) is 2.67. The topological polar surface area (TPSA) is 75.4 Å². The predicted octanol–water partition coefficient (Wildman–Crippen LogP) is 3.25. The van der Waals surface area contributed by atoms with Crippen LogP contribution in [0.2, 0.25) is 0 Å². The van der Waals surface area contributed by atoms with E-state index >= 15 is 0 Å². The zero-order valence-corrected chi connectivity index (χ0v) is 13.7. The van der Waals surface area contributed by atoms with Crippen molar-refractivity contribution in [2.24, 2.45) is 5.41 Å². The maximum Gasteiger partial charge on any atom is 0.310 e. The van der Waals surface area contributed by atoms with Crippen molar-refractivity contribution < 1.29 is 14.4 Å². The molecule has 0 spiro atoms. The molecule has 124 valence electrons. The van der Waals surface area contributed by atoms with E-state index in [4.69, 9.17) is 4.52 Å². The normalized spacial score (nSPS) is 11.6. The van der Waals surface area contributed by atoms with Crippen molar-refractivity contribution in [3.05, 3.63) is 53.4 Å². The van der Waals surface area contributed by atoms with Gasteiger partial charge in [-0.2, -0.15) is 0 Å². The molecule has 1 aromatic heterocycles. The van der Waals surface area contributed by atoms with Crippen molar-refractivity contribution in [3.8, 4) is 0 Å². The first-order chi connectivity index (χ1) is 11.1. The molecule has 0 amide bonds. The highest BCUT2D eigenvalue weighted by Gasteiger charge is 2.34. The van der Waals surface area contributed by atoms with E-state index in [1.807, 2.05) is 32.0 Å². The second-order valence-electron chi connectivity index (χ2n) is 5.84. The Bertz CT molecular complexity index is 618. The molecule has 5 heteroatoms. The van der Waals surface area contributed by atoms with Gasteiger partial charge in [-0.15, -0.1) is 0 Å². The van der Waals surface area contributed by atoms with Crippen molar-refractivity contribution in [1.82, 2.24) is 10.5 Å². The summed E-state index contributed by atoms with van der Waals surface area (Å²) >= 11 is 0. The molecule has 0 radical (unpaired) electrons. The van der Waals surface area contributed by atoms with Crippen LogP contribution in [-0.4, -0.2) is 22.8 Å². The zero-order valence-electron chi connectivity index (χ0n) is 13.7. The van der Waals surface area contributed by atoms with Crippen LogP contribution in [0, 0.1) is 5.41 Å². The van der Waals surface area contributed by atoms with Crippen LogP contribution >= 0.6 is 0 Å². The monoisotopic (exact) mass is 316 g/mol. The summed E-state index contributed by atoms with van der Waals surface area (Å²) in [5.74, 6) is -0.746. The SMILES string of the molecule is CCC(CC)(CNCc1conc1Cc1ccccc1)C(=O)O. The third-order valence-corrected chi connectivity index (χ3v) is 4.53. The van der Waals surface area contributed by atoms with E-state index in [9.17, 15) is 9.90 Å². The van der Waals surface area contributed by atoms with Gasteiger partial charge in [0.2, 0.25) is 0 Å². The van der Waals surface area contributed by atoms with E-state index in [2.05, 4.69) is 22.6 Å². The minimum absolute atomic E-state index is 0.436. The molecule has 2 aromatic rings. The summed E-state index contributed by atoms with van der Waals surface area (Å²) in [4.78, 5) is 11.5. The van der Waals surface area contributed by atoms with Gasteiger partial charge in [0.15, 0.2) is 0 Å². The van der Waals surface area contributed by atoms with Crippen LogP contribution in [0.25, 0.3) is 0 Å². The Morgan fingerprint density at radius 2 is 1.96 bits per heavy atom. The van der Waals surface area contributed by atoms with Gasteiger partial charge in [-0.1, -0.05) is 49.3 Å². The third kappa shape index (κ3) is 4.20. The molecule has 0 saturated carbocycles. The minimum Gasteiger partial charge on any atom is -0.481 e. The van der Waals surface area contributed by atoms with Gasteiger partial charge in [0, 0.05) is 25.1 Å². The molecular formula is C18H24N2O3. The highest BCUT2D eigenvalue weighted by atomic mass is 16.5. The Morgan fingerprint density at radius 1 is 1.26 bits per heavy atom. The van der Waals surface area contributed by atoms with Crippen molar-refractivity contribution in [2.45, 2.75) is 39.7 Å². The number of hydrogen-bond donors (Lipinski definition) is 2. The molecule has 1 aromatic carbocycles. The fraction of sp³-hybridized carbons (Fsp3) is 0.444. The van der Waals surface area contributed by atoms with Crippen LogP contribution in [0.15, 0.2) is 41.1 Å². The quantitative estimate of drug-likeness (QED) is 0.743. The van der Waals surface area contributed by atoms with E-state index in [0.717, 1.165) is 11.3 Å². The molecular weight excluding hydrogens is 292 g/mol. The van der Waals surface area contributed by atoms with E-state index in [-0.39, 0.29) is 0 Å². The minimum atomic E-state index is -0.746. The number of rotatable bonds is 9. The Morgan fingerprint density at radius 3 is 2.57 bits per heavy atom. The van der Waals surface area contributed by atoms with Crippen molar-refractivity contribution >= 4 is 5.97 Å². The van der Waals surface area contributed by atoms with E-state index in [0.29, 0.717) is 32.4 Å². The van der Waals surface area contributed by atoms with E-state index in [1.54, 1.807) is 6.26 Å². The first-order valence-corrected chi connectivity index (χ1v) is 8.01. The van der Waals surface area contributed by atoms with Gasteiger partial charge in [-0.05, 0) is 18.4 Å². The summed E-state index contributed by atoms with van der Waals surface area (Å²) in [5, 5.41) is 16.8. The molecule has 5 nitrogen and oxygen atoms in total. The van der Waals surface area contributed by atoms with Crippen molar-refractivity contribution in [2.75, 3.05) is 6.54 Å². The lowest BCUT2D eigenvalue weighted by atomic mass is 9.82. The molecule has 0 aliphatic heterocycles. The molecule has 23 heavy (non-hydrogen) atoms. The predicted molar refractivity (Wildman–Crippen MR) is 88.1 cm³/mol. The molecule has 0 aliphatic carbocycles. The van der Waals surface area contributed by atoms with Gasteiger partial charge in [-0.3, -0.25) is 4.79 Å². The molecule has 0 fully saturated rings. The van der Waals surface area contributed by atoms with Crippen LogP contribution in [-0.2, 0) is 17.8 Å². The first kappa shape index (κ1) is 17.2. The van der Waals surface area contributed by atoms with Crippen molar-refractivity contribution in [3.63, 3.8) is 0 Å². The van der Waals surface area contributed by atoms with Crippen LogP contribution in [0.4, 0.5) is 0 Å². The number of aromatic nitrogens is 1. The third-order valence-electron chi connectivity index (χ3n) is 4.53. The molecule has 0 atom stereocenters. The van der Waals surface area contributed by atoms with Gasteiger partial charge in [0.25, 0.3) is 0 Å². The molecule has 1 heterocycles. The second kappa shape index (κ2) is 7.92. The lowest BCUT2D eigenvalue weighted by Gasteiger charge is -2.26. The van der Waals surface area contributed by atoms with Gasteiger partial charge in [0.1, 0.15) is 6.26 Å². The number of nitrogens with one attached hydrogen (secondary N) is 1. The van der Waals surface area contributed by atoms with E-state index < -0.39 is 11.4 Å². The summed E-state index contributed by atoms with van der Waals surface area (Å²) in [6, 6.07) is 10.1. The summed E-state index contributed by atoms with van der Waals surface area (Å²) in [7, 11) is 0. The Labute approximate surface area is 136 Å². The Hall–Kier alpha value is -2.14. The van der Waals surface area contributed by atoms with Crippen LogP contribution < -0.4 is 5.32 Å². The van der Waals surface area contributed by atoms with Crippen LogP contribution in [0.3, 0.4) is 0 Å². The zero-order chi connectivity index (χ0) is 16.7. The van der Waals surface area contributed by atoms with Crippen molar-refractivity contribution in [1.29, 1.82) is 0 Å². The molecule has 2 rings (SSSR count). The summed E-state index contributed by atoms with van der Waals surface area (Å²) < 4.78 is 5.09. The van der Waals surface area contributed by atoms with Gasteiger partial charge in [-0.25, -0.2) is 0 Å². The number of hydrogen-bond acceptors (Lipinski definition) is 4. The van der Waals surface area contributed by atoms with Crippen LogP contribution in [0.5, 0.6) is 0 Å². The lowest BCUT2D eigenvalue weighted by molar-refractivity contribution is -0.149. The van der Waals surface area contributed by atoms with Gasteiger partial charge >= 0.3 is 5.97 Å². The van der Waals surface area contributed by atoms with Gasteiger partial charge in [0.05, 0.1) is 11.1 Å². The van der Waals surface area contributed by atoms with Crippen LogP contribution in [0.1, 0.15) is 43.5 Å². The number of nitrogens with zero attached hydrogens (tertiary/aromatic N) is 1. The Balaban J connectivity index is 1.97. The number of benzene rings is 1. The molecule has 0 aliphatic rings. The highest BCUT2D eigenvalue weighted by molar-refractivity contribution is 5.74.